The normalized spacial score (nSPS) is 26.7. The van der Waals surface area contributed by atoms with Crippen molar-refractivity contribution in [3.8, 4) is 0 Å². The molecular formula is C12H11BrO2. The Kier molecular flexibility index (Phi) is 3.00. The minimum absolute atomic E-state index is 0.0000954. The zero-order valence-corrected chi connectivity index (χ0v) is 9.74. The van der Waals surface area contributed by atoms with E-state index in [0.29, 0.717) is 12.8 Å². The minimum Gasteiger partial charge on any atom is -0.298 e. The molecule has 0 aliphatic heterocycles. The molecule has 0 atom stereocenters. The molecular weight excluding hydrogens is 256 g/mol. The molecule has 1 fully saturated rings. The SMILES string of the molecule is O=C1CC(c2ccccc2)CC(=O)C1Br. The Morgan fingerprint density at radius 1 is 1.00 bits per heavy atom. The van der Waals surface area contributed by atoms with Crippen molar-refractivity contribution in [1.82, 2.24) is 0 Å². The second kappa shape index (κ2) is 4.27. The Labute approximate surface area is 96.8 Å². The molecule has 0 N–H and O–H groups in total. The smallest absolute Gasteiger partial charge is 0.154 e. The predicted molar refractivity (Wildman–Crippen MR) is 61.1 cm³/mol. The fourth-order valence-electron chi connectivity index (χ4n) is 1.91. The lowest BCUT2D eigenvalue weighted by Gasteiger charge is -2.23. The van der Waals surface area contributed by atoms with Gasteiger partial charge in [-0.15, -0.1) is 0 Å². The number of hydrogen-bond donors (Lipinski definition) is 0. The number of rotatable bonds is 1. The van der Waals surface area contributed by atoms with Gasteiger partial charge < -0.3 is 0 Å². The maximum absolute atomic E-state index is 11.5. The second-order valence-corrected chi connectivity index (χ2v) is 4.73. The van der Waals surface area contributed by atoms with E-state index in [0.717, 1.165) is 5.56 Å². The van der Waals surface area contributed by atoms with E-state index in [2.05, 4.69) is 15.9 Å². The van der Waals surface area contributed by atoms with Crippen molar-refractivity contribution in [3.05, 3.63) is 35.9 Å². The van der Waals surface area contributed by atoms with Crippen molar-refractivity contribution >= 4 is 27.5 Å². The average Bonchev–Trinajstić information content (AvgIpc) is 2.26. The van der Waals surface area contributed by atoms with Crippen molar-refractivity contribution in [2.75, 3.05) is 0 Å². The first-order valence-corrected chi connectivity index (χ1v) is 5.84. The highest BCUT2D eigenvalue weighted by atomic mass is 79.9. The summed E-state index contributed by atoms with van der Waals surface area (Å²) in [6.45, 7) is 0. The van der Waals surface area contributed by atoms with Crippen LogP contribution < -0.4 is 0 Å². The molecule has 0 bridgehead atoms. The molecule has 1 aliphatic rings. The Bertz CT molecular complexity index is 368. The molecule has 0 heterocycles. The van der Waals surface area contributed by atoms with Gasteiger partial charge >= 0.3 is 0 Å². The maximum atomic E-state index is 11.5. The molecule has 0 spiro atoms. The highest BCUT2D eigenvalue weighted by Crippen LogP contribution is 2.31. The first kappa shape index (κ1) is 10.6. The van der Waals surface area contributed by atoms with Crippen LogP contribution in [0.5, 0.6) is 0 Å². The lowest BCUT2D eigenvalue weighted by atomic mass is 9.83. The number of benzene rings is 1. The number of hydrogen-bond acceptors (Lipinski definition) is 2. The summed E-state index contributed by atoms with van der Waals surface area (Å²) in [7, 11) is 0. The van der Waals surface area contributed by atoms with Crippen LogP contribution in [-0.2, 0) is 9.59 Å². The van der Waals surface area contributed by atoms with Crippen molar-refractivity contribution in [2.24, 2.45) is 0 Å². The molecule has 1 aliphatic carbocycles. The minimum atomic E-state index is -0.572. The average molecular weight is 267 g/mol. The number of ketones is 2. The van der Waals surface area contributed by atoms with Crippen molar-refractivity contribution in [1.29, 1.82) is 0 Å². The largest absolute Gasteiger partial charge is 0.298 e. The predicted octanol–water partition coefficient (Wildman–Crippen LogP) is 2.47. The highest BCUT2D eigenvalue weighted by molar-refractivity contribution is 9.10. The van der Waals surface area contributed by atoms with Crippen LogP contribution in [0.15, 0.2) is 30.3 Å². The van der Waals surface area contributed by atoms with Gasteiger partial charge in [0, 0.05) is 12.8 Å². The molecule has 0 unspecified atom stereocenters. The van der Waals surface area contributed by atoms with E-state index >= 15 is 0 Å². The fourth-order valence-corrected chi connectivity index (χ4v) is 2.28. The first-order chi connectivity index (χ1) is 7.18. The monoisotopic (exact) mass is 266 g/mol. The Morgan fingerprint density at radius 2 is 1.53 bits per heavy atom. The quantitative estimate of drug-likeness (QED) is 0.578. The molecule has 0 amide bonds. The van der Waals surface area contributed by atoms with Crippen LogP contribution in [0.3, 0.4) is 0 Å². The van der Waals surface area contributed by atoms with Gasteiger partial charge in [0.1, 0.15) is 4.83 Å². The van der Waals surface area contributed by atoms with E-state index in [1.54, 1.807) is 0 Å². The van der Waals surface area contributed by atoms with E-state index in [9.17, 15) is 9.59 Å². The van der Waals surface area contributed by atoms with Crippen LogP contribution in [0.2, 0.25) is 0 Å². The van der Waals surface area contributed by atoms with Crippen LogP contribution in [0.25, 0.3) is 0 Å². The molecule has 1 aromatic carbocycles. The van der Waals surface area contributed by atoms with E-state index in [1.165, 1.54) is 0 Å². The molecule has 2 rings (SSSR count). The molecule has 15 heavy (non-hydrogen) atoms. The molecule has 0 radical (unpaired) electrons. The van der Waals surface area contributed by atoms with Crippen LogP contribution >= 0.6 is 15.9 Å². The summed E-state index contributed by atoms with van der Waals surface area (Å²) >= 11 is 3.12. The summed E-state index contributed by atoms with van der Waals surface area (Å²) in [5, 5.41) is 0. The van der Waals surface area contributed by atoms with E-state index < -0.39 is 4.83 Å². The van der Waals surface area contributed by atoms with E-state index in [1.807, 2.05) is 30.3 Å². The van der Waals surface area contributed by atoms with Crippen LogP contribution in [-0.4, -0.2) is 16.4 Å². The van der Waals surface area contributed by atoms with Crippen LogP contribution in [0, 0.1) is 0 Å². The van der Waals surface area contributed by atoms with Gasteiger partial charge in [-0.25, -0.2) is 0 Å². The summed E-state index contributed by atoms with van der Waals surface area (Å²) in [5.74, 6) is 0.0696. The summed E-state index contributed by atoms with van der Waals surface area (Å²) in [6, 6.07) is 9.75. The molecule has 1 aromatic rings. The van der Waals surface area contributed by atoms with Gasteiger partial charge in [-0.3, -0.25) is 9.59 Å². The van der Waals surface area contributed by atoms with Gasteiger partial charge in [-0.05, 0) is 11.5 Å². The zero-order chi connectivity index (χ0) is 10.8. The van der Waals surface area contributed by atoms with Crippen LogP contribution in [0.1, 0.15) is 24.3 Å². The van der Waals surface area contributed by atoms with E-state index in [4.69, 9.17) is 0 Å². The zero-order valence-electron chi connectivity index (χ0n) is 8.15. The molecule has 78 valence electrons. The Morgan fingerprint density at radius 3 is 2.07 bits per heavy atom. The number of halogens is 1. The lowest BCUT2D eigenvalue weighted by molar-refractivity contribution is -0.129. The second-order valence-electron chi connectivity index (χ2n) is 3.81. The summed E-state index contributed by atoms with van der Waals surface area (Å²) in [6.07, 6.45) is 0.928. The number of alkyl halides is 1. The Balaban J connectivity index is 2.20. The van der Waals surface area contributed by atoms with Gasteiger partial charge in [0.25, 0.3) is 0 Å². The van der Waals surface area contributed by atoms with Crippen molar-refractivity contribution in [3.63, 3.8) is 0 Å². The maximum Gasteiger partial charge on any atom is 0.154 e. The van der Waals surface area contributed by atoms with Gasteiger partial charge in [-0.1, -0.05) is 46.3 Å². The molecule has 0 saturated heterocycles. The molecule has 2 nitrogen and oxygen atoms in total. The Hall–Kier alpha value is -0.960. The summed E-state index contributed by atoms with van der Waals surface area (Å²) < 4.78 is 0. The third-order valence-corrected chi connectivity index (χ3v) is 3.75. The standard InChI is InChI=1S/C12H11BrO2/c13-12-10(14)6-9(7-11(12)15)8-4-2-1-3-5-8/h1-5,9,12H,6-7H2. The van der Waals surface area contributed by atoms with E-state index in [-0.39, 0.29) is 17.5 Å². The topological polar surface area (TPSA) is 34.1 Å². The third-order valence-electron chi connectivity index (χ3n) is 2.73. The summed E-state index contributed by atoms with van der Waals surface area (Å²) in [5.41, 5.74) is 1.08. The number of Topliss-reactive ketones (excluding diaryl/α,β-unsaturated/α-hetero) is 2. The molecule has 1 saturated carbocycles. The van der Waals surface area contributed by atoms with Gasteiger partial charge in [0.2, 0.25) is 0 Å². The summed E-state index contributed by atoms with van der Waals surface area (Å²) in [4.78, 5) is 22.5. The highest BCUT2D eigenvalue weighted by Gasteiger charge is 2.33. The molecule has 0 aromatic heterocycles. The number of carbonyl (C=O) groups is 2. The van der Waals surface area contributed by atoms with Crippen molar-refractivity contribution < 1.29 is 9.59 Å². The van der Waals surface area contributed by atoms with Gasteiger partial charge in [-0.2, -0.15) is 0 Å². The van der Waals surface area contributed by atoms with Gasteiger partial charge in [0.15, 0.2) is 11.6 Å². The fraction of sp³-hybridized carbons (Fsp3) is 0.333. The van der Waals surface area contributed by atoms with Crippen LogP contribution in [0.4, 0.5) is 0 Å². The molecule has 3 heteroatoms. The van der Waals surface area contributed by atoms with Crippen molar-refractivity contribution in [2.45, 2.75) is 23.6 Å². The first-order valence-electron chi connectivity index (χ1n) is 4.93. The lowest BCUT2D eigenvalue weighted by Crippen LogP contribution is -2.32. The number of carbonyl (C=O) groups excluding carboxylic acids is 2. The van der Waals surface area contributed by atoms with Gasteiger partial charge in [0.05, 0.1) is 0 Å². The third kappa shape index (κ3) is 2.17.